The van der Waals surface area contributed by atoms with Crippen LogP contribution in [0.25, 0.3) is 0 Å². The van der Waals surface area contributed by atoms with Gasteiger partial charge in [0.25, 0.3) is 5.91 Å². The van der Waals surface area contributed by atoms with Crippen LogP contribution in [0.1, 0.15) is 41.4 Å². The first-order chi connectivity index (χ1) is 17.7. The second-order valence-corrected chi connectivity index (χ2v) is 14.5. The van der Waals surface area contributed by atoms with Crippen LogP contribution in [-0.4, -0.2) is 57.9 Å². The van der Waals surface area contributed by atoms with Crippen molar-refractivity contribution in [3.8, 4) is 0 Å². The molecule has 37 heavy (non-hydrogen) atoms. The van der Waals surface area contributed by atoms with Crippen LogP contribution < -0.4 is 5.32 Å². The van der Waals surface area contributed by atoms with Gasteiger partial charge in [-0.1, -0.05) is 42.5 Å². The Kier molecular flexibility index (Phi) is 8.91. The van der Waals surface area contributed by atoms with E-state index in [-0.39, 0.29) is 36.2 Å². The van der Waals surface area contributed by atoms with Gasteiger partial charge in [0.1, 0.15) is 0 Å². The molecule has 1 aliphatic heterocycles. The van der Waals surface area contributed by atoms with E-state index >= 15 is 0 Å². The SMILES string of the molecule is C[C@H]1[C@H]([Si](C)(C)O)[C@@H](CCn2cc(CCO)nn2)O[C@H]1CCc1cccc(NC(=O)c2ccccc2)c1. The summed E-state index contributed by atoms with van der Waals surface area (Å²) in [6, 6.07) is 17.2. The van der Waals surface area contributed by atoms with Crippen molar-refractivity contribution in [1.29, 1.82) is 0 Å². The van der Waals surface area contributed by atoms with Crippen molar-refractivity contribution in [1.82, 2.24) is 15.0 Å². The highest BCUT2D eigenvalue weighted by molar-refractivity contribution is 6.71. The number of nitrogens with zero attached hydrogens (tertiary/aromatic N) is 3. The standard InChI is InChI=1S/C28H38N4O4Si/c1-20-25(13-12-21-8-7-11-23(18-21)29-28(34)22-9-5-4-6-10-22)36-26(27(20)37(2,3)35)14-16-32-19-24(15-17-33)30-31-32/h4-11,18-20,25-27,33,35H,12-17H2,1-3H3,(H,29,34)/t20-,25+,26-,27+/m1/s1. The highest BCUT2D eigenvalue weighted by atomic mass is 28.4. The normalized spacial score (nSPS) is 21.8. The van der Waals surface area contributed by atoms with E-state index in [1.165, 1.54) is 0 Å². The van der Waals surface area contributed by atoms with Crippen molar-refractivity contribution in [2.24, 2.45) is 5.92 Å². The van der Waals surface area contributed by atoms with Gasteiger partial charge in [-0.3, -0.25) is 9.48 Å². The second-order valence-electron chi connectivity index (χ2n) is 10.5. The Bertz CT molecular complexity index is 1160. The highest BCUT2D eigenvalue weighted by Crippen LogP contribution is 2.45. The lowest BCUT2D eigenvalue weighted by Gasteiger charge is -2.30. The van der Waals surface area contributed by atoms with Crippen LogP contribution in [0.3, 0.4) is 0 Å². The molecular formula is C28H38N4O4Si. The van der Waals surface area contributed by atoms with E-state index < -0.39 is 8.32 Å². The van der Waals surface area contributed by atoms with Crippen LogP contribution in [-0.2, 0) is 24.1 Å². The Morgan fingerprint density at radius 1 is 1.08 bits per heavy atom. The molecule has 0 unspecified atom stereocenters. The van der Waals surface area contributed by atoms with Crippen molar-refractivity contribution in [2.45, 2.75) is 70.0 Å². The maximum absolute atomic E-state index is 12.5. The summed E-state index contributed by atoms with van der Waals surface area (Å²) in [4.78, 5) is 23.6. The third-order valence-corrected chi connectivity index (χ3v) is 9.78. The zero-order chi connectivity index (χ0) is 26.4. The van der Waals surface area contributed by atoms with Crippen LogP contribution >= 0.6 is 0 Å². The van der Waals surface area contributed by atoms with Gasteiger partial charge in [-0.25, -0.2) is 0 Å². The number of carbonyl (C=O) groups excluding carboxylic acids is 1. The van der Waals surface area contributed by atoms with Gasteiger partial charge < -0.3 is 20.0 Å². The minimum absolute atomic E-state index is 0.0337. The molecule has 2 heterocycles. The monoisotopic (exact) mass is 522 g/mol. The fourth-order valence-electron chi connectivity index (χ4n) is 5.52. The topological polar surface area (TPSA) is 110 Å². The number of aliphatic hydroxyl groups is 1. The first-order valence-electron chi connectivity index (χ1n) is 13.1. The van der Waals surface area contributed by atoms with Crippen molar-refractivity contribution in [3.63, 3.8) is 0 Å². The van der Waals surface area contributed by atoms with Crippen molar-refractivity contribution in [3.05, 3.63) is 77.6 Å². The number of hydrogen-bond acceptors (Lipinski definition) is 6. The summed E-state index contributed by atoms with van der Waals surface area (Å²) in [5.41, 5.74) is 3.46. The van der Waals surface area contributed by atoms with Crippen molar-refractivity contribution < 1.29 is 19.4 Å². The summed E-state index contributed by atoms with van der Waals surface area (Å²) in [5, 5.41) is 20.4. The molecule has 0 aliphatic carbocycles. The second kappa shape index (κ2) is 12.1. The van der Waals surface area contributed by atoms with Gasteiger partial charge in [-0.15, -0.1) is 5.10 Å². The van der Waals surface area contributed by atoms with Crippen LogP contribution in [0.4, 0.5) is 5.69 Å². The number of aryl methyl sites for hydroxylation is 2. The van der Waals surface area contributed by atoms with Gasteiger partial charge in [0.15, 0.2) is 8.32 Å². The minimum Gasteiger partial charge on any atom is -0.432 e. The number of amides is 1. The summed E-state index contributed by atoms with van der Waals surface area (Å²) in [5.74, 6) is 0.125. The summed E-state index contributed by atoms with van der Waals surface area (Å²) in [7, 11) is -2.46. The van der Waals surface area contributed by atoms with Gasteiger partial charge in [0.2, 0.25) is 0 Å². The van der Waals surface area contributed by atoms with Gasteiger partial charge >= 0.3 is 0 Å². The molecule has 9 heteroatoms. The lowest BCUT2D eigenvalue weighted by atomic mass is 9.95. The molecule has 8 nitrogen and oxygen atoms in total. The predicted octanol–water partition coefficient (Wildman–Crippen LogP) is 4.06. The molecule has 3 aromatic rings. The van der Waals surface area contributed by atoms with Gasteiger partial charge in [0.05, 0.1) is 17.9 Å². The zero-order valence-corrected chi connectivity index (χ0v) is 22.9. The maximum atomic E-state index is 12.5. The number of carbonyl (C=O) groups is 1. The van der Waals surface area contributed by atoms with Crippen LogP contribution in [0, 0.1) is 5.92 Å². The molecule has 1 amide bonds. The lowest BCUT2D eigenvalue weighted by Crippen LogP contribution is -2.40. The molecule has 1 aromatic heterocycles. The molecule has 198 valence electrons. The number of ether oxygens (including phenoxy) is 1. The minimum atomic E-state index is -2.46. The van der Waals surface area contributed by atoms with Crippen LogP contribution in [0.15, 0.2) is 60.8 Å². The van der Waals surface area contributed by atoms with Gasteiger partial charge in [0, 0.05) is 42.6 Å². The molecule has 4 rings (SSSR count). The summed E-state index contributed by atoms with van der Waals surface area (Å²) >= 11 is 0. The van der Waals surface area contributed by atoms with Crippen LogP contribution in [0.5, 0.6) is 0 Å². The molecule has 3 N–H and O–H groups in total. The largest absolute Gasteiger partial charge is 0.432 e. The van der Waals surface area contributed by atoms with Crippen molar-refractivity contribution in [2.75, 3.05) is 11.9 Å². The molecule has 0 spiro atoms. The third kappa shape index (κ3) is 7.13. The Morgan fingerprint density at radius 2 is 1.86 bits per heavy atom. The zero-order valence-electron chi connectivity index (χ0n) is 21.9. The first-order valence-corrected chi connectivity index (χ1v) is 16.1. The quantitative estimate of drug-likeness (QED) is 0.328. The molecule has 2 aromatic carbocycles. The average Bonchev–Trinajstić information content (AvgIpc) is 3.45. The summed E-state index contributed by atoms with van der Waals surface area (Å²) < 4.78 is 8.36. The number of aliphatic hydroxyl groups excluding tert-OH is 1. The molecule has 0 bridgehead atoms. The van der Waals surface area contributed by atoms with E-state index in [1.807, 2.05) is 55.7 Å². The molecule has 1 saturated heterocycles. The fourth-order valence-corrected chi connectivity index (χ4v) is 8.18. The fraction of sp³-hybridized carbons (Fsp3) is 0.464. The number of hydrogen-bond donors (Lipinski definition) is 3. The first kappa shape index (κ1) is 27.2. The number of anilines is 1. The molecule has 1 aliphatic rings. The molecule has 0 radical (unpaired) electrons. The predicted molar refractivity (Wildman–Crippen MR) is 146 cm³/mol. The number of nitrogens with one attached hydrogen (secondary N) is 1. The summed E-state index contributed by atoms with van der Waals surface area (Å²) in [6.45, 7) is 6.91. The van der Waals surface area contributed by atoms with E-state index in [9.17, 15) is 9.59 Å². The van der Waals surface area contributed by atoms with E-state index in [0.29, 0.717) is 18.5 Å². The molecule has 4 atom stereocenters. The Labute approximate surface area is 219 Å². The van der Waals surface area contributed by atoms with Crippen molar-refractivity contribution >= 4 is 19.9 Å². The van der Waals surface area contributed by atoms with Gasteiger partial charge in [-0.2, -0.15) is 0 Å². The molecular weight excluding hydrogens is 484 g/mol. The van der Waals surface area contributed by atoms with Crippen LogP contribution in [0.2, 0.25) is 18.6 Å². The number of aromatic nitrogens is 3. The summed E-state index contributed by atoms with van der Waals surface area (Å²) in [6.07, 6.45) is 4.81. The van der Waals surface area contributed by atoms with E-state index in [4.69, 9.17) is 9.84 Å². The smallest absolute Gasteiger partial charge is 0.255 e. The molecule has 1 fully saturated rings. The number of benzene rings is 2. The lowest BCUT2D eigenvalue weighted by molar-refractivity contribution is 0.0245. The van der Waals surface area contributed by atoms with E-state index in [2.05, 4.69) is 28.6 Å². The van der Waals surface area contributed by atoms with E-state index in [1.54, 1.807) is 16.8 Å². The van der Waals surface area contributed by atoms with E-state index in [0.717, 1.165) is 36.2 Å². The highest BCUT2D eigenvalue weighted by Gasteiger charge is 2.49. The Morgan fingerprint density at radius 3 is 2.59 bits per heavy atom. The Hall–Kier alpha value is -2.85. The Balaban J connectivity index is 1.36. The number of rotatable bonds is 11. The molecule has 0 saturated carbocycles. The maximum Gasteiger partial charge on any atom is 0.255 e. The van der Waals surface area contributed by atoms with Gasteiger partial charge in [-0.05, 0) is 68.1 Å². The third-order valence-electron chi connectivity index (χ3n) is 7.25. The average molecular weight is 523 g/mol.